The maximum Gasteiger partial charge on any atom is 0.243 e. The molecule has 1 aromatic heterocycles. The molecule has 0 atom stereocenters. The third-order valence-corrected chi connectivity index (χ3v) is 4.50. The van der Waals surface area contributed by atoms with Crippen LogP contribution in [0, 0.1) is 5.82 Å². The van der Waals surface area contributed by atoms with Crippen molar-refractivity contribution in [2.45, 2.75) is 18.0 Å². The van der Waals surface area contributed by atoms with E-state index < -0.39 is 27.3 Å². The van der Waals surface area contributed by atoms with Gasteiger partial charge >= 0.3 is 0 Å². The maximum absolute atomic E-state index is 14.0. The summed E-state index contributed by atoms with van der Waals surface area (Å²) in [5, 5.41) is 9.05. The fraction of sp³-hybridized carbons (Fsp3) is 0.250. The van der Waals surface area contributed by atoms with Crippen molar-refractivity contribution in [2.24, 2.45) is 7.05 Å². The number of sulfonamides is 1. The standard InChI is InChI=1S/C12H13ClFN3O3S/c1-17-3-2-15-11(17)6-16-21(19,20)10-5-9(13)4-8(7-18)12(10)14/h2-5,16,18H,6-7H2,1H3. The third kappa shape index (κ3) is 3.41. The molecular weight excluding hydrogens is 321 g/mol. The normalized spacial score (nSPS) is 11.8. The molecule has 0 aliphatic carbocycles. The van der Waals surface area contributed by atoms with Crippen LogP contribution in [0.3, 0.4) is 0 Å². The van der Waals surface area contributed by atoms with Crippen LogP contribution in [0.5, 0.6) is 0 Å². The van der Waals surface area contributed by atoms with Crippen molar-refractivity contribution in [1.82, 2.24) is 14.3 Å². The van der Waals surface area contributed by atoms with Crippen molar-refractivity contribution < 1.29 is 17.9 Å². The number of rotatable bonds is 5. The maximum atomic E-state index is 14.0. The van der Waals surface area contributed by atoms with Gasteiger partial charge in [-0.3, -0.25) is 0 Å². The highest BCUT2D eigenvalue weighted by atomic mass is 35.5. The second-order valence-electron chi connectivity index (χ2n) is 4.31. The van der Waals surface area contributed by atoms with Gasteiger partial charge in [-0.1, -0.05) is 11.6 Å². The van der Waals surface area contributed by atoms with Gasteiger partial charge in [-0.15, -0.1) is 0 Å². The van der Waals surface area contributed by atoms with Gasteiger partial charge in [0.2, 0.25) is 10.0 Å². The first-order valence-corrected chi connectivity index (χ1v) is 7.76. The van der Waals surface area contributed by atoms with E-state index in [1.54, 1.807) is 17.8 Å². The monoisotopic (exact) mass is 333 g/mol. The Bertz CT molecular complexity index is 761. The largest absolute Gasteiger partial charge is 0.392 e. The van der Waals surface area contributed by atoms with E-state index in [1.807, 2.05) is 0 Å². The van der Waals surface area contributed by atoms with E-state index in [2.05, 4.69) is 9.71 Å². The van der Waals surface area contributed by atoms with E-state index in [-0.39, 0.29) is 17.1 Å². The third-order valence-electron chi connectivity index (χ3n) is 2.88. The Labute approximate surface area is 126 Å². The number of halogens is 2. The van der Waals surface area contributed by atoms with E-state index in [4.69, 9.17) is 16.7 Å². The van der Waals surface area contributed by atoms with Gasteiger partial charge in [0.1, 0.15) is 16.5 Å². The molecular formula is C12H13ClFN3O3S. The van der Waals surface area contributed by atoms with Crippen molar-refractivity contribution in [2.75, 3.05) is 0 Å². The number of imidazole rings is 1. The lowest BCUT2D eigenvalue weighted by molar-refractivity contribution is 0.274. The lowest BCUT2D eigenvalue weighted by Crippen LogP contribution is -2.26. The number of aromatic nitrogens is 2. The first-order chi connectivity index (χ1) is 9.85. The van der Waals surface area contributed by atoms with Gasteiger partial charge in [-0.2, -0.15) is 0 Å². The Kier molecular flexibility index (Phi) is 4.62. The van der Waals surface area contributed by atoms with Crippen molar-refractivity contribution in [1.29, 1.82) is 0 Å². The van der Waals surface area contributed by atoms with Crippen LogP contribution >= 0.6 is 11.6 Å². The minimum absolute atomic E-state index is 0.0258. The summed E-state index contributed by atoms with van der Waals surface area (Å²) in [7, 11) is -2.40. The number of aryl methyl sites for hydroxylation is 1. The molecule has 0 amide bonds. The number of nitrogens with one attached hydrogen (secondary N) is 1. The predicted octanol–water partition coefficient (Wildman–Crippen LogP) is 1.18. The fourth-order valence-electron chi connectivity index (χ4n) is 1.73. The lowest BCUT2D eigenvalue weighted by atomic mass is 10.2. The molecule has 0 spiro atoms. The fourth-order valence-corrected chi connectivity index (χ4v) is 3.16. The van der Waals surface area contributed by atoms with Gasteiger partial charge < -0.3 is 9.67 Å². The quantitative estimate of drug-likeness (QED) is 0.860. The molecule has 0 fully saturated rings. The minimum Gasteiger partial charge on any atom is -0.392 e. The topological polar surface area (TPSA) is 84.2 Å². The number of benzene rings is 1. The molecule has 9 heteroatoms. The molecule has 2 N–H and O–H groups in total. The van der Waals surface area contributed by atoms with E-state index in [0.29, 0.717) is 5.82 Å². The molecule has 114 valence electrons. The van der Waals surface area contributed by atoms with Crippen molar-refractivity contribution in [3.63, 3.8) is 0 Å². The smallest absolute Gasteiger partial charge is 0.243 e. The zero-order valence-corrected chi connectivity index (χ0v) is 12.6. The summed E-state index contributed by atoms with van der Waals surface area (Å²) < 4.78 is 42.2. The Morgan fingerprint density at radius 3 is 2.76 bits per heavy atom. The van der Waals surface area contributed by atoms with Gasteiger partial charge in [0.25, 0.3) is 0 Å². The molecule has 0 unspecified atom stereocenters. The van der Waals surface area contributed by atoms with Crippen LogP contribution in [-0.4, -0.2) is 23.1 Å². The average Bonchev–Trinajstić information content (AvgIpc) is 2.84. The Hall–Kier alpha value is -1.48. The molecule has 2 aromatic rings. The van der Waals surface area contributed by atoms with E-state index in [0.717, 1.165) is 6.07 Å². The van der Waals surface area contributed by atoms with Gasteiger partial charge in [-0.05, 0) is 12.1 Å². The van der Waals surface area contributed by atoms with Crippen LogP contribution in [-0.2, 0) is 30.2 Å². The number of hydrogen-bond acceptors (Lipinski definition) is 4. The highest BCUT2D eigenvalue weighted by Gasteiger charge is 2.22. The summed E-state index contributed by atoms with van der Waals surface area (Å²) in [6.07, 6.45) is 3.18. The Balaban J connectivity index is 2.32. The summed E-state index contributed by atoms with van der Waals surface area (Å²) in [4.78, 5) is 3.36. The minimum atomic E-state index is -4.11. The number of aliphatic hydroxyl groups is 1. The highest BCUT2D eigenvalue weighted by molar-refractivity contribution is 7.89. The van der Waals surface area contributed by atoms with Crippen LogP contribution in [0.25, 0.3) is 0 Å². The van der Waals surface area contributed by atoms with E-state index in [1.165, 1.54) is 12.3 Å². The summed E-state index contributed by atoms with van der Waals surface area (Å²) in [5.41, 5.74) is -0.181. The van der Waals surface area contributed by atoms with Crippen LogP contribution < -0.4 is 4.72 Å². The van der Waals surface area contributed by atoms with E-state index >= 15 is 0 Å². The predicted molar refractivity (Wildman–Crippen MR) is 74.6 cm³/mol. The lowest BCUT2D eigenvalue weighted by Gasteiger charge is -2.10. The molecule has 0 bridgehead atoms. The van der Waals surface area contributed by atoms with Crippen LogP contribution in [0.15, 0.2) is 29.4 Å². The summed E-state index contributed by atoms with van der Waals surface area (Å²) in [5.74, 6) is -0.544. The molecule has 1 aromatic carbocycles. The van der Waals surface area contributed by atoms with Crippen molar-refractivity contribution in [3.05, 3.63) is 46.8 Å². The first-order valence-electron chi connectivity index (χ1n) is 5.90. The summed E-state index contributed by atoms with van der Waals surface area (Å²) >= 11 is 5.75. The first kappa shape index (κ1) is 15.9. The van der Waals surface area contributed by atoms with Crippen LogP contribution in [0.1, 0.15) is 11.4 Å². The molecule has 21 heavy (non-hydrogen) atoms. The van der Waals surface area contributed by atoms with Gasteiger partial charge in [0, 0.05) is 30.0 Å². The van der Waals surface area contributed by atoms with Gasteiger partial charge in [-0.25, -0.2) is 22.5 Å². The zero-order chi connectivity index (χ0) is 15.6. The molecule has 0 aliphatic rings. The molecule has 2 rings (SSSR count). The summed E-state index contributed by atoms with van der Waals surface area (Å²) in [6, 6.07) is 2.17. The van der Waals surface area contributed by atoms with Gasteiger partial charge in [0.15, 0.2) is 0 Å². The molecule has 0 aliphatic heterocycles. The second kappa shape index (κ2) is 6.10. The van der Waals surface area contributed by atoms with Gasteiger partial charge in [0.05, 0.1) is 13.2 Å². The van der Waals surface area contributed by atoms with Crippen LogP contribution in [0.4, 0.5) is 4.39 Å². The van der Waals surface area contributed by atoms with E-state index in [9.17, 15) is 12.8 Å². The summed E-state index contributed by atoms with van der Waals surface area (Å²) in [6.45, 7) is -0.736. The van der Waals surface area contributed by atoms with Crippen LogP contribution in [0.2, 0.25) is 5.02 Å². The number of hydrogen-bond donors (Lipinski definition) is 2. The molecule has 0 radical (unpaired) electrons. The Morgan fingerprint density at radius 2 is 2.19 bits per heavy atom. The molecule has 1 heterocycles. The second-order valence-corrected chi connectivity index (χ2v) is 6.49. The average molecular weight is 334 g/mol. The SMILES string of the molecule is Cn1ccnc1CNS(=O)(=O)c1cc(Cl)cc(CO)c1F. The van der Waals surface area contributed by atoms with Crippen molar-refractivity contribution in [3.8, 4) is 0 Å². The Morgan fingerprint density at radius 1 is 1.48 bits per heavy atom. The molecule has 0 saturated carbocycles. The molecule has 0 saturated heterocycles. The zero-order valence-electron chi connectivity index (χ0n) is 11.0. The molecule has 6 nitrogen and oxygen atoms in total. The highest BCUT2D eigenvalue weighted by Crippen LogP contribution is 2.23. The number of aliphatic hydroxyl groups excluding tert-OH is 1. The number of nitrogens with zero attached hydrogens (tertiary/aromatic N) is 2. The van der Waals surface area contributed by atoms with Crippen molar-refractivity contribution >= 4 is 21.6 Å².